The zero-order valence-electron chi connectivity index (χ0n) is 10.0. The number of rotatable bonds is 2. The molecule has 0 radical (unpaired) electrons. The number of ether oxygens (including phenoxy) is 2. The van der Waals surface area contributed by atoms with Gasteiger partial charge in [0.2, 0.25) is 0 Å². The van der Waals surface area contributed by atoms with Crippen LogP contribution in [0.5, 0.6) is 11.5 Å². The van der Waals surface area contributed by atoms with E-state index >= 15 is 0 Å². The van der Waals surface area contributed by atoms with Gasteiger partial charge in [0, 0.05) is 5.56 Å². The first kappa shape index (κ1) is 12.4. The summed E-state index contributed by atoms with van der Waals surface area (Å²) in [6.07, 6.45) is -3.73. The summed E-state index contributed by atoms with van der Waals surface area (Å²) in [7, 11) is 0. The number of carboxylic acid groups (broad SMARTS) is 1. The number of fused-ring (bicyclic) bond motifs is 1. The van der Waals surface area contributed by atoms with Gasteiger partial charge in [0.05, 0.1) is 0 Å². The first-order valence-electron chi connectivity index (χ1n) is 5.47. The van der Waals surface area contributed by atoms with Crippen LogP contribution in [-0.4, -0.2) is 22.5 Å². The molecule has 2 aromatic rings. The van der Waals surface area contributed by atoms with Gasteiger partial charge in [-0.1, -0.05) is 5.16 Å². The maximum absolute atomic E-state index is 12.9. The van der Waals surface area contributed by atoms with Crippen molar-refractivity contribution < 1.29 is 32.7 Å². The zero-order valence-corrected chi connectivity index (χ0v) is 10.0. The van der Waals surface area contributed by atoms with Crippen LogP contribution in [0, 0.1) is 6.92 Å². The first-order chi connectivity index (χ1) is 9.37. The summed E-state index contributed by atoms with van der Waals surface area (Å²) in [6.45, 7) is 1.45. The van der Waals surface area contributed by atoms with Gasteiger partial charge >= 0.3 is 12.3 Å². The number of hydrogen-bond acceptors (Lipinski definition) is 5. The third-order valence-electron chi connectivity index (χ3n) is 2.75. The lowest BCUT2D eigenvalue weighted by Gasteiger charge is -2.04. The van der Waals surface area contributed by atoms with E-state index in [4.69, 9.17) is 9.63 Å². The van der Waals surface area contributed by atoms with Crippen LogP contribution in [0.3, 0.4) is 0 Å². The fourth-order valence-electron chi connectivity index (χ4n) is 1.92. The summed E-state index contributed by atoms with van der Waals surface area (Å²) >= 11 is 0. The molecule has 6 nitrogen and oxygen atoms in total. The lowest BCUT2D eigenvalue weighted by molar-refractivity contribution is -0.286. The van der Waals surface area contributed by atoms with Crippen LogP contribution >= 0.6 is 0 Å². The highest BCUT2D eigenvalue weighted by molar-refractivity contribution is 5.95. The van der Waals surface area contributed by atoms with Crippen LogP contribution in [-0.2, 0) is 0 Å². The Morgan fingerprint density at radius 2 is 2.00 bits per heavy atom. The number of carbonyl (C=O) groups is 1. The van der Waals surface area contributed by atoms with E-state index in [0.29, 0.717) is 0 Å². The van der Waals surface area contributed by atoms with Crippen LogP contribution in [0.4, 0.5) is 8.78 Å². The van der Waals surface area contributed by atoms with Crippen LogP contribution in [0.1, 0.15) is 16.1 Å². The Labute approximate surface area is 110 Å². The molecule has 0 unspecified atom stereocenters. The van der Waals surface area contributed by atoms with Gasteiger partial charge in [-0.2, -0.15) is 0 Å². The second kappa shape index (κ2) is 3.92. The predicted molar refractivity (Wildman–Crippen MR) is 59.8 cm³/mol. The summed E-state index contributed by atoms with van der Waals surface area (Å²) in [5.41, 5.74) is 0.187. The van der Waals surface area contributed by atoms with Crippen molar-refractivity contribution in [2.75, 3.05) is 0 Å². The van der Waals surface area contributed by atoms with E-state index in [2.05, 4.69) is 14.6 Å². The van der Waals surface area contributed by atoms with Crippen molar-refractivity contribution in [2.45, 2.75) is 13.2 Å². The van der Waals surface area contributed by atoms with Crippen LogP contribution in [0.15, 0.2) is 22.7 Å². The SMILES string of the molecule is Cc1onc(-c2ccc3c(c2)OC(F)(F)O3)c1C(=O)O. The number of halogens is 2. The topological polar surface area (TPSA) is 81.8 Å². The Hall–Kier alpha value is -2.64. The Kier molecular flexibility index (Phi) is 2.43. The second-order valence-electron chi connectivity index (χ2n) is 4.10. The molecular weight excluding hydrogens is 276 g/mol. The number of aromatic carboxylic acids is 1. The van der Waals surface area contributed by atoms with Gasteiger partial charge in [-0.3, -0.25) is 0 Å². The quantitative estimate of drug-likeness (QED) is 0.912. The Balaban J connectivity index is 2.08. The number of nitrogens with zero attached hydrogens (tertiary/aromatic N) is 1. The Bertz CT molecular complexity index is 710. The Morgan fingerprint density at radius 1 is 1.30 bits per heavy atom. The lowest BCUT2D eigenvalue weighted by Crippen LogP contribution is -2.25. The molecular formula is C12H7F2NO5. The molecule has 3 rings (SSSR count). The molecule has 0 fully saturated rings. The Morgan fingerprint density at radius 3 is 2.70 bits per heavy atom. The summed E-state index contributed by atoms with van der Waals surface area (Å²) in [5.74, 6) is -1.42. The van der Waals surface area contributed by atoms with Gasteiger partial charge in [0.15, 0.2) is 11.5 Å². The highest BCUT2D eigenvalue weighted by Crippen LogP contribution is 2.43. The summed E-state index contributed by atoms with van der Waals surface area (Å²) in [5, 5.41) is 12.7. The fraction of sp³-hybridized carbons (Fsp3) is 0.167. The van der Waals surface area contributed by atoms with Crippen molar-refractivity contribution in [1.82, 2.24) is 5.16 Å². The van der Waals surface area contributed by atoms with Crippen molar-refractivity contribution in [2.24, 2.45) is 0 Å². The molecule has 0 spiro atoms. The van der Waals surface area contributed by atoms with E-state index < -0.39 is 12.3 Å². The third-order valence-corrected chi connectivity index (χ3v) is 2.75. The van der Waals surface area contributed by atoms with Crippen molar-refractivity contribution in [3.05, 3.63) is 29.5 Å². The largest absolute Gasteiger partial charge is 0.586 e. The molecule has 0 atom stereocenters. The summed E-state index contributed by atoms with van der Waals surface area (Å²) in [4.78, 5) is 11.1. The van der Waals surface area contributed by atoms with Crippen molar-refractivity contribution >= 4 is 5.97 Å². The lowest BCUT2D eigenvalue weighted by atomic mass is 10.1. The van der Waals surface area contributed by atoms with E-state index in [1.807, 2.05) is 0 Å². The molecule has 1 aliphatic rings. The smallest absolute Gasteiger partial charge is 0.477 e. The molecule has 1 aliphatic heterocycles. The minimum Gasteiger partial charge on any atom is -0.477 e. The molecule has 1 aromatic heterocycles. The highest BCUT2D eigenvalue weighted by atomic mass is 19.3. The number of hydrogen-bond donors (Lipinski definition) is 1. The number of aromatic nitrogens is 1. The van der Waals surface area contributed by atoms with Gasteiger partial charge in [-0.05, 0) is 25.1 Å². The average molecular weight is 283 g/mol. The summed E-state index contributed by atoms with van der Waals surface area (Å²) in [6, 6.07) is 3.87. The van der Waals surface area contributed by atoms with Gasteiger partial charge in [-0.25, -0.2) is 4.79 Å². The summed E-state index contributed by atoms with van der Waals surface area (Å²) < 4.78 is 39.2. The number of alkyl halides is 2. The van der Waals surface area contributed by atoms with E-state index in [0.717, 1.165) is 0 Å². The number of benzene rings is 1. The number of carboxylic acids is 1. The molecule has 104 valence electrons. The van der Waals surface area contributed by atoms with E-state index in [1.54, 1.807) is 0 Å². The van der Waals surface area contributed by atoms with Crippen LogP contribution in [0.2, 0.25) is 0 Å². The highest BCUT2D eigenvalue weighted by Gasteiger charge is 2.43. The third kappa shape index (κ3) is 1.85. The second-order valence-corrected chi connectivity index (χ2v) is 4.10. The van der Waals surface area contributed by atoms with E-state index in [9.17, 15) is 13.6 Å². The normalized spacial score (nSPS) is 15.3. The molecule has 0 saturated heterocycles. The van der Waals surface area contributed by atoms with Gasteiger partial charge in [0.25, 0.3) is 0 Å². The minimum absolute atomic E-state index is 0.0385. The minimum atomic E-state index is -3.73. The van der Waals surface area contributed by atoms with Gasteiger partial charge in [0.1, 0.15) is 17.0 Å². The van der Waals surface area contributed by atoms with Crippen molar-refractivity contribution in [3.63, 3.8) is 0 Å². The molecule has 20 heavy (non-hydrogen) atoms. The monoisotopic (exact) mass is 283 g/mol. The van der Waals surface area contributed by atoms with E-state index in [1.165, 1.54) is 25.1 Å². The molecule has 1 aromatic carbocycles. The van der Waals surface area contributed by atoms with Crippen molar-refractivity contribution in [3.8, 4) is 22.8 Å². The molecule has 8 heteroatoms. The molecule has 0 bridgehead atoms. The molecule has 1 N–H and O–H groups in total. The first-order valence-corrected chi connectivity index (χ1v) is 5.47. The molecule has 0 aliphatic carbocycles. The van der Waals surface area contributed by atoms with Crippen LogP contribution in [0.25, 0.3) is 11.3 Å². The molecule has 2 heterocycles. The fourth-order valence-corrected chi connectivity index (χ4v) is 1.92. The van der Waals surface area contributed by atoms with Crippen LogP contribution < -0.4 is 9.47 Å². The number of aryl methyl sites for hydroxylation is 1. The maximum atomic E-state index is 12.9. The standard InChI is InChI=1S/C12H7F2NO5/c1-5-9(11(16)17)10(15-20-5)6-2-3-7-8(4-6)19-12(13,14)18-7/h2-4H,1H3,(H,16,17). The maximum Gasteiger partial charge on any atom is 0.586 e. The van der Waals surface area contributed by atoms with Gasteiger partial charge < -0.3 is 19.1 Å². The van der Waals surface area contributed by atoms with Gasteiger partial charge in [-0.15, -0.1) is 8.78 Å². The predicted octanol–water partition coefficient (Wildman–Crippen LogP) is 2.67. The molecule has 0 amide bonds. The average Bonchev–Trinajstić information content (AvgIpc) is 2.86. The zero-order chi connectivity index (χ0) is 14.5. The van der Waals surface area contributed by atoms with Crippen molar-refractivity contribution in [1.29, 1.82) is 0 Å². The molecule has 0 saturated carbocycles. The van der Waals surface area contributed by atoms with E-state index in [-0.39, 0.29) is 34.1 Å².